The highest BCUT2D eigenvalue weighted by Crippen LogP contribution is 2.05. The van der Waals surface area contributed by atoms with E-state index in [0.29, 0.717) is 0 Å². The number of hydrogen-bond donors (Lipinski definition) is 1. The van der Waals surface area contributed by atoms with Gasteiger partial charge in [0.1, 0.15) is 0 Å². The van der Waals surface area contributed by atoms with Gasteiger partial charge in [-0.15, -0.1) is 12.4 Å². The predicted molar refractivity (Wildman–Crippen MR) is 40.1 cm³/mol. The van der Waals surface area contributed by atoms with E-state index in [9.17, 15) is 0 Å². The average molecular weight is 152 g/mol. The third-order valence-corrected chi connectivity index (χ3v) is 1.60. The van der Waals surface area contributed by atoms with Gasteiger partial charge >= 0.3 is 0 Å². The number of rotatable bonds is 3. The van der Waals surface area contributed by atoms with E-state index in [4.69, 9.17) is 4.74 Å². The number of nitrogens with one attached hydrogen (secondary N) is 1. The van der Waals surface area contributed by atoms with E-state index in [2.05, 4.69) is 5.32 Å². The van der Waals surface area contributed by atoms with Gasteiger partial charge in [0.15, 0.2) is 0 Å². The largest absolute Gasteiger partial charge is 0.385 e. The molecule has 56 valence electrons. The van der Waals surface area contributed by atoms with Crippen molar-refractivity contribution in [1.29, 1.82) is 0 Å². The number of ether oxygens (including phenoxy) is 1. The topological polar surface area (TPSA) is 21.3 Å². The molecule has 0 aromatic carbocycles. The summed E-state index contributed by atoms with van der Waals surface area (Å²) in [7, 11) is 1.75. The highest BCUT2D eigenvalue weighted by molar-refractivity contribution is 5.85. The fourth-order valence-electron chi connectivity index (χ4n) is 0.855. The molecule has 1 saturated heterocycles. The van der Waals surface area contributed by atoms with Crippen molar-refractivity contribution in [2.75, 3.05) is 20.3 Å². The first-order valence-corrected chi connectivity index (χ1v) is 3.16. The normalized spacial score (nSPS) is 24.3. The molecule has 1 unspecified atom stereocenters. The lowest BCUT2D eigenvalue weighted by atomic mass is 10.1. The zero-order valence-corrected chi connectivity index (χ0v) is 6.54. The molecule has 0 aromatic rings. The van der Waals surface area contributed by atoms with Crippen molar-refractivity contribution < 1.29 is 4.74 Å². The van der Waals surface area contributed by atoms with Crippen LogP contribution in [-0.2, 0) is 4.74 Å². The smallest absolute Gasteiger partial charge is 0.0477 e. The third-order valence-electron chi connectivity index (χ3n) is 1.60. The zero-order valence-electron chi connectivity index (χ0n) is 5.72. The summed E-state index contributed by atoms with van der Waals surface area (Å²) in [6.45, 7) is 2.10. The van der Waals surface area contributed by atoms with Crippen LogP contribution in [0.5, 0.6) is 0 Å². The molecule has 0 aromatic heterocycles. The molecule has 9 heavy (non-hydrogen) atoms. The second-order valence-electron chi connectivity index (χ2n) is 2.22. The summed E-state index contributed by atoms with van der Waals surface area (Å²) in [6.07, 6.45) is 2.51. The molecule has 3 heteroatoms. The molecule has 1 rings (SSSR count). The summed E-state index contributed by atoms with van der Waals surface area (Å²) in [6, 6.07) is 0.759. The Hall–Kier alpha value is 0.210. The maximum Gasteiger partial charge on any atom is 0.0477 e. The lowest BCUT2D eigenvalue weighted by molar-refractivity contribution is 0.169. The first-order valence-electron chi connectivity index (χ1n) is 3.16. The van der Waals surface area contributed by atoms with Crippen molar-refractivity contribution in [3.8, 4) is 0 Å². The van der Waals surface area contributed by atoms with Crippen molar-refractivity contribution in [1.82, 2.24) is 5.32 Å². The van der Waals surface area contributed by atoms with Gasteiger partial charge in [-0.2, -0.15) is 0 Å². The molecule has 1 heterocycles. The number of methoxy groups -OCH3 is 1. The molecular formula is C6H14ClNO. The van der Waals surface area contributed by atoms with Crippen molar-refractivity contribution in [2.45, 2.75) is 18.9 Å². The maximum absolute atomic E-state index is 4.91. The monoisotopic (exact) mass is 151 g/mol. The van der Waals surface area contributed by atoms with Crippen LogP contribution in [0.1, 0.15) is 12.8 Å². The Morgan fingerprint density at radius 3 is 2.67 bits per heavy atom. The molecule has 1 aliphatic rings. The Morgan fingerprint density at radius 2 is 2.33 bits per heavy atom. The van der Waals surface area contributed by atoms with Gasteiger partial charge in [0, 0.05) is 19.8 Å². The maximum atomic E-state index is 4.91. The summed E-state index contributed by atoms with van der Waals surface area (Å²) in [5.74, 6) is 0. The Morgan fingerprint density at radius 1 is 1.67 bits per heavy atom. The minimum Gasteiger partial charge on any atom is -0.385 e. The number of hydrogen-bond acceptors (Lipinski definition) is 2. The SMILES string of the molecule is COCCC1CCN1.Cl. The molecule has 0 radical (unpaired) electrons. The molecule has 0 spiro atoms. The third kappa shape index (κ3) is 3.04. The molecule has 0 bridgehead atoms. The van der Waals surface area contributed by atoms with Crippen LogP contribution in [-0.4, -0.2) is 26.3 Å². The van der Waals surface area contributed by atoms with Crippen molar-refractivity contribution in [3.63, 3.8) is 0 Å². The van der Waals surface area contributed by atoms with E-state index < -0.39 is 0 Å². The van der Waals surface area contributed by atoms with E-state index in [1.165, 1.54) is 19.4 Å². The molecule has 0 saturated carbocycles. The first kappa shape index (κ1) is 9.21. The molecule has 1 atom stereocenters. The van der Waals surface area contributed by atoms with Crippen molar-refractivity contribution in [3.05, 3.63) is 0 Å². The minimum atomic E-state index is 0. The van der Waals surface area contributed by atoms with Crippen LogP contribution in [0, 0.1) is 0 Å². The number of halogens is 1. The lowest BCUT2D eigenvalue weighted by Crippen LogP contribution is -2.43. The average Bonchev–Trinajstić information content (AvgIpc) is 1.63. The molecular weight excluding hydrogens is 138 g/mol. The van der Waals surface area contributed by atoms with Crippen molar-refractivity contribution in [2.24, 2.45) is 0 Å². The van der Waals surface area contributed by atoms with E-state index >= 15 is 0 Å². The molecule has 1 N–H and O–H groups in total. The van der Waals surface area contributed by atoms with Crippen LogP contribution in [0.25, 0.3) is 0 Å². The summed E-state index contributed by atoms with van der Waals surface area (Å²) in [5.41, 5.74) is 0. The fourth-order valence-corrected chi connectivity index (χ4v) is 0.855. The van der Waals surface area contributed by atoms with E-state index in [1.54, 1.807) is 7.11 Å². The van der Waals surface area contributed by atoms with Gasteiger partial charge in [-0.05, 0) is 19.4 Å². The van der Waals surface area contributed by atoms with Crippen LogP contribution >= 0.6 is 12.4 Å². The van der Waals surface area contributed by atoms with Gasteiger partial charge in [-0.25, -0.2) is 0 Å². The van der Waals surface area contributed by atoms with Crippen LogP contribution in [0.2, 0.25) is 0 Å². The van der Waals surface area contributed by atoms with Gasteiger partial charge in [0.2, 0.25) is 0 Å². The van der Waals surface area contributed by atoms with E-state index in [-0.39, 0.29) is 12.4 Å². The fraction of sp³-hybridized carbons (Fsp3) is 1.00. The highest BCUT2D eigenvalue weighted by atomic mass is 35.5. The van der Waals surface area contributed by atoms with Crippen LogP contribution in [0.4, 0.5) is 0 Å². The van der Waals surface area contributed by atoms with Crippen LogP contribution in [0.3, 0.4) is 0 Å². The van der Waals surface area contributed by atoms with E-state index in [1.807, 2.05) is 0 Å². The second kappa shape index (κ2) is 5.03. The first-order chi connectivity index (χ1) is 3.93. The summed E-state index contributed by atoms with van der Waals surface area (Å²) >= 11 is 0. The molecule has 2 nitrogen and oxygen atoms in total. The van der Waals surface area contributed by atoms with Crippen LogP contribution < -0.4 is 5.32 Å². The molecule has 1 aliphatic heterocycles. The van der Waals surface area contributed by atoms with Gasteiger partial charge in [0.05, 0.1) is 0 Å². The standard InChI is InChI=1S/C6H13NO.ClH/c1-8-5-3-6-2-4-7-6;/h6-7H,2-5H2,1H3;1H. The Labute approximate surface area is 62.4 Å². The second-order valence-corrected chi connectivity index (χ2v) is 2.22. The van der Waals surface area contributed by atoms with Crippen molar-refractivity contribution >= 4 is 12.4 Å². The Bertz CT molecular complexity index is 66.1. The minimum absolute atomic E-state index is 0. The zero-order chi connectivity index (χ0) is 5.82. The van der Waals surface area contributed by atoms with Gasteiger partial charge in [-0.3, -0.25) is 0 Å². The highest BCUT2D eigenvalue weighted by Gasteiger charge is 2.14. The Balaban J connectivity index is 0.000000640. The van der Waals surface area contributed by atoms with Crippen LogP contribution in [0.15, 0.2) is 0 Å². The molecule has 0 aliphatic carbocycles. The Kier molecular flexibility index (Phi) is 5.15. The van der Waals surface area contributed by atoms with E-state index in [0.717, 1.165) is 12.6 Å². The summed E-state index contributed by atoms with van der Waals surface area (Å²) in [4.78, 5) is 0. The summed E-state index contributed by atoms with van der Waals surface area (Å²) < 4.78 is 4.91. The quantitative estimate of drug-likeness (QED) is 0.645. The molecule has 1 fully saturated rings. The lowest BCUT2D eigenvalue weighted by Gasteiger charge is -2.26. The van der Waals surface area contributed by atoms with Gasteiger partial charge in [-0.1, -0.05) is 0 Å². The molecule has 0 amide bonds. The predicted octanol–water partition coefficient (Wildman–Crippen LogP) is 0.807. The van der Waals surface area contributed by atoms with Gasteiger partial charge in [0.25, 0.3) is 0 Å². The summed E-state index contributed by atoms with van der Waals surface area (Å²) in [5, 5.41) is 3.30. The van der Waals surface area contributed by atoms with Gasteiger partial charge < -0.3 is 10.1 Å².